The van der Waals surface area contributed by atoms with E-state index in [1.54, 1.807) is 0 Å². The molecular weight excluding hydrogens is 478 g/mol. The number of hydrogen-bond donors (Lipinski definition) is 1. The van der Waals surface area contributed by atoms with Gasteiger partial charge in [0, 0.05) is 17.0 Å². The minimum absolute atomic E-state index is 0.0944. The molecule has 0 unspecified atom stereocenters. The number of anilines is 1. The van der Waals surface area contributed by atoms with Crippen LogP contribution in [0.2, 0.25) is 0 Å². The van der Waals surface area contributed by atoms with Gasteiger partial charge in [-0.3, -0.25) is 4.79 Å². The number of halogens is 1. The number of nitrogens with zero attached hydrogens (tertiary/aromatic N) is 2. The molecule has 4 aromatic rings. The van der Waals surface area contributed by atoms with Crippen molar-refractivity contribution in [2.24, 2.45) is 0 Å². The van der Waals surface area contributed by atoms with E-state index in [4.69, 9.17) is 14.7 Å². The Labute approximate surface area is 202 Å². The lowest BCUT2D eigenvalue weighted by Crippen LogP contribution is -2.11. The van der Waals surface area contributed by atoms with Gasteiger partial charge in [0.25, 0.3) is 0 Å². The maximum Gasteiger partial charge on any atom is 0.241 e. The van der Waals surface area contributed by atoms with Crippen molar-refractivity contribution in [2.75, 3.05) is 5.32 Å². The van der Waals surface area contributed by atoms with Crippen LogP contribution in [0.25, 0.3) is 22.3 Å². The van der Waals surface area contributed by atoms with E-state index in [1.165, 1.54) is 12.5 Å². The zero-order chi connectivity index (χ0) is 23.6. The van der Waals surface area contributed by atoms with Gasteiger partial charge < -0.3 is 10.1 Å². The lowest BCUT2D eigenvalue weighted by molar-refractivity contribution is -0.114. The van der Waals surface area contributed by atoms with E-state index in [1.807, 2.05) is 42.5 Å². The molecule has 4 rings (SSSR count). The fourth-order valence-electron chi connectivity index (χ4n) is 3.52. The predicted octanol–water partition coefficient (Wildman–Crippen LogP) is 6.89. The molecule has 0 aliphatic carbocycles. The molecule has 3 aromatic carbocycles. The Morgan fingerprint density at radius 1 is 0.970 bits per heavy atom. The number of ether oxygens (including phenoxy) is 1. The van der Waals surface area contributed by atoms with Gasteiger partial charge in [-0.05, 0) is 46.9 Å². The zero-order valence-corrected chi connectivity index (χ0v) is 20.7. The van der Waals surface area contributed by atoms with Gasteiger partial charge in [0.2, 0.25) is 11.8 Å². The molecule has 1 aromatic heterocycles. The van der Waals surface area contributed by atoms with Crippen LogP contribution in [0.4, 0.5) is 5.69 Å². The number of aromatic nitrogens is 2. The smallest absolute Gasteiger partial charge is 0.241 e. The van der Waals surface area contributed by atoms with Crippen molar-refractivity contribution in [1.82, 2.24) is 9.97 Å². The highest BCUT2D eigenvalue weighted by Gasteiger charge is 2.18. The minimum Gasteiger partial charge on any atom is -0.471 e. The summed E-state index contributed by atoms with van der Waals surface area (Å²) in [7, 11) is 0. The Bertz CT molecular complexity index is 1310. The molecular formula is C27H26BrN3O2. The summed E-state index contributed by atoms with van der Waals surface area (Å²) < 4.78 is 7.08. The predicted molar refractivity (Wildman–Crippen MR) is 136 cm³/mol. The molecule has 33 heavy (non-hydrogen) atoms. The minimum atomic E-state index is -0.159. The first-order valence-electron chi connectivity index (χ1n) is 10.8. The van der Waals surface area contributed by atoms with E-state index in [9.17, 15) is 4.79 Å². The zero-order valence-electron chi connectivity index (χ0n) is 19.1. The van der Waals surface area contributed by atoms with Crippen molar-refractivity contribution < 1.29 is 9.53 Å². The second-order valence-electron chi connectivity index (χ2n) is 8.97. The van der Waals surface area contributed by atoms with Gasteiger partial charge in [-0.2, -0.15) is 0 Å². The fourth-order valence-corrected chi connectivity index (χ4v) is 3.88. The second kappa shape index (κ2) is 9.32. The summed E-state index contributed by atoms with van der Waals surface area (Å²) in [4.78, 5) is 21.4. The molecule has 168 valence electrons. The van der Waals surface area contributed by atoms with Crippen molar-refractivity contribution >= 4 is 38.6 Å². The molecule has 0 radical (unpaired) electrons. The molecule has 0 aliphatic heterocycles. The summed E-state index contributed by atoms with van der Waals surface area (Å²) in [5, 5.41) is 2.89. The van der Waals surface area contributed by atoms with Crippen molar-refractivity contribution in [3.8, 4) is 17.1 Å². The van der Waals surface area contributed by atoms with Gasteiger partial charge >= 0.3 is 0 Å². The van der Waals surface area contributed by atoms with Crippen LogP contribution in [0.1, 0.15) is 38.8 Å². The van der Waals surface area contributed by atoms with Crippen LogP contribution in [0, 0.1) is 0 Å². The highest BCUT2D eigenvalue weighted by Crippen LogP contribution is 2.36. The van der Waals surface area contributed by atoms with Crippen LogP contribution in [0.5, 0.6) is 5.88 Å². The third-order valence-corrected chi connectivity index (χ3v) is 5.77. The van der Waals surface area contributed by atoms with E-state index >= 15 is 0 Å². The Morgan fingerprint density at radius 3 is 2.27 bits per heavy atom. The van der Waals surface area contributed by atoms with E-state index in [-0.39, 0.29) is 11.3 Å². The fraction of sp³-hybridized carbons (Fsp3) is 0.222. The van der Waals surface area contributed by atoms with E-state index in [0.717, 1.165) is 26.6 Å². The van der Waals surface area contributed by atoms with Gasteiger partial charge in [-0.15, -0.1) is 0 Å². The number of carbonyl (C=O) groups excluding carboxylic acids is 1. The number of rotatable bonds is 5. The second-order valence-corrected chi connectivity index (χ2v) is 9.89. The highest BCUT2D eigenvalue weighted by molar-refractivity contribution is 9.10. The number of amides is 1. The molecule has 5 nitrogen and oxygen atoms in total. The van der Waals surface area contributed by atoms with Crippen LogP contribution in [0.3, 0.4) is 0 Å². The number of carbonyl (C=O) groups is 1. The lowest BCUT2D eigenvalue weighted by Gasteiger charge is -2.19. The number of nitrogens with one attached hydrogen (secondary N) is 1. The largest absolute Gasteiger partial charge is 0.471 e. The number of fused-ring (bicyclic) bond motifs is 1. The van der Waals surface area contributed by atoms with Crippen LogP contribution < -0.4 is 10.1 Å². The molecule has 0 aliphatic rings. The maximum atomic E-state index is 11.8. The summed E-state index contributed by atoms with van der Waals surface area (Å²) in [6.07, 6.45) is 0. The number of hydrogen-bond acceptors (Lipinski definition) is 4. The van der Waals surface area contributed by atoms with Gasteiger partial charge in [0.1, 0.15) is 12.3 Å². The Hall–Kier alpha value is -3.25. The summed E-state index contributed by atoms with van der Waals surface area (Å²) in [5.74, 6) is 0.257. The highest BCUT2D eigenvalue weighted by atomic mass is 79.9. The first kappa shape index (κ1) is 22.9. The van der Waals surface area contributed by atoms with Gasteiger partial charge in [-0.1, -0.05) is 73.1 Å². The lowest BCUT2D eigenvalue weighted by atomic mass is 9.87. The summed E-state index contributed by atoms with van der Waals surface area (Å²) in [6.45, 7) is 8.42. The van der Waals surface area contributed by atoms with E-state index < -0.39 is 0 Å². The first-order valence-corrected chi connectivity index (χ1v) is 11.6. The van der Waals surface area contributed by atoms with Gasteiger partial charge in [0.05, 0.1) is 16.7 Å². The quantitative estimate of drug-likeness (QED) is 0.321. The molecule has 0 bridgehead atoms. The molecule has 0 saturated heterocycles. The molecule has 1 heterocycles. The van der Waals surface area contributed by atoms with Crippen LogP contribution in [-0.4, -0.2) is 15.9 Å². The molecule has 0 saturated carbocycles. The maximum absolute atomic E-state index is 11.8. The number of para-hydroxylation sites is 2. The SMILES string of the molecule is CC(=O)Nc1ccc(Br)cc1-c1nc2ccccc2nc1OCc1ccc(C(C)(C)C)cc1. The molecule has 0 fully saturated rings. The molecule has 6 heteroatoms. The van der Waals surface area contributed by atoms with Crippen molar-refractivity contribution in [3.05, 3.63) is 82.3 Å². The summed E-state index contributed by atoms with van der Waals surface area (Å²) >= 11 is 3.53. The average molecular weight is 504 g/mol. The Balaban J connectivity index is 1.75. The topological polar surface area (TPSA) is 64.1 Å². The Kier molecular flexibility index (Phi) is 6.47. The van der Waals surface area contributed by atoms with Crippen molar-refractivity contribution in [2.45, 2.75) is 39.7 Å². The van der Waals surface area contributed by atoms with E-state index in [0.29, 0.717) is 23.9 Å². The first-order chi connectivity index (χ1) is 15.7. The van der Waals surface area contributed by atoms with Crippen LogP contribution >= 0.6 is 15.9 Å². The monoisotopic (exact) mass is 503 g/mol. The normalized spacial score (nSPS) is 11.4. The van der Waals surface area contributed by atoms with Gasteiger partial charge in [0.15, 0.2) is 0 Å². The van der Waals surface area contributed by atoms with Crippen LogP contribution in [-0.2, 0) is 16.8 Å². The van der Waals surface area contributed by atoms with Crippen molar-refractivity contribution in [3.63, 3.8) is 0 Å². The van der Waals surface area contributed by atoms with Crippen LogP contribution in [0.15, 0.2) is 71.2 Å². The number of benzene rings is 3. The third-order valence-electron chi connectivity index (χ3n) is 5.28. The van der Waals surface area contributed by atoms with Crippen molar-refractivity contribution in [1.29, 1.82) is 0 Å². The molecule has 1 N–H and O–H groups in total. The molecule has 0 spiro atoms. The summed E-state index contributed by atoms with van der Waals surface area (Å²) in [5.41, 5.74) is 5.86. The molecule has 1 amide bonds. The summed E-state index contributed by atoms with van der Waals surface area (Å²) in [6, 6.07) is 21.7. The van der Waals surface area contributed by atoms with Gasteiger partial charge in [-0.25, -0.2) is 9.97 Å². The standard InChI is InChI=1S/C27H26BrN3O2/c1-17(32)29-22-14-13-20(28)15-21(22)25-26(31-24-8-6-5-7-23(24)30-25)33-16-18-9-11-19(12-10-18)27(2,3)4/h5-15H,16H2,1-4H3,(H,29,32). The molecule has 0 atom stereocenters. The Morgan fingerprint density at radius 2 is 1.64 bits per heavy atom. The third kappa shape index (κ3) is 5.40. The average Bonchev–Trinajstić information content (AvgIpc) is 2.77. The van der Waals surface area contributed by atoms with E-state index in [2.05, 4.69) is 66.3 Å².